The van der Waals surface area contributed by atoms with Crippen LogP contribution in [0, 0.1) is 12.3 Å². The van der Waals surface area contributed by atoms with Crippen molar-refractivity contribution < 1.29 is 5.11 Å². The first-order chi connectivity index (χ1) is 4.84. The highest BCUT2D eigenvalue weighted by Crippen LogP contribution is 2.04. The van der Waals surface area contributed by atoms with Gasteiger partial charge in [0, 0.05) is 6.20 Å². The van der Waals surface area contributed by atoms with Crippen LogP contribution >= 0.6 is 0 Å². The molecule has 0 saturated carbocycles. The van der Waals surface area contributed by atoms with Gasteiger partial charge in [0.1, 0.15) is 6.33 Å². The second-order valence-electron chi connectivity index (χ2n) is 1.70. The highest BCUT2D eigenvalue weighted by molar-refractivity contribution is 5.12. The number of aliphatic hydroxyl groups excluding tert-OH is 1. The van der Waals surface area contributed by atoms with Gasteiger partial charge in [-0.15, -0.1) is 6.42 Å². The summed E-state index contributed by atoms with van der Waals surface area (Å²) in [4.78, 5) is 7.42. The molecule has 0 aliphatic heterocycles. The van der Waals surface area contributed by atoms with Crippen LogP contribution in [-0.2, 0) is 0 Å². The molecule has 10 heavy (non-hydrogen) atoms. The van der Waals surface area contributed by atoms with Crippen LogP contribution in [-0.4, -0.2) is 15.1 Å². The van der Waals surface area contributed by atoms with Crippen molar-refractivity contribution in [3.8, 4) is 12.3 Å². The maximum atomic E-state index is 9.00. The number of hydrogen-bond donors (Lipinski definition) is 1. The monoisotopic (exact) mass is 134 g/mol. The van der Waals surface area contributed by atoms with E-state index >= 15 is 0 Å². The molecule has 0 aliphatic rings. The minimum absolute atomic E-state index is 0.456. The SMILES string of the molecule is C#CC(O)c1ccncn1. The van der Waals surface area contributed by atoms with Crippen LogP contribution in [0.4, 0.5) is 0 Å². The fourth-order valence-corrected chi connectivity index (χ4v) is 0.548. The lowest BCUT2D eigenvalue weighted by atomic mass is 10.2. The summed E-state index contributed by atoms with van der Waals surface area (Å²) in [6.07, 6.45) is 6.90. The summed E-state index contributed by atoms with van der Waals surface area (Å²) in [5.41, 5.74) is 0.456. The Balaban J connectivity index is 2.88. The van der Waals surface area contributed by atoms with Crippen molar-refractivity contribution in [1.82, 2.24) is 9.97 Å². The van der Waals surface area contributed by atoms with Gasteiger partial charge in [-0.2, -0.15) is 0 Å². The van der Waals surface area contributed by atoms with Gasteiger partial charge in [-0.3, -0.25) is 0 Å². The molecule has 0 aromatic carbocycles. The zero-order valence-corrected chi connectivity index (χ0v) is 5.23. The largest absolute Gasteiger partial charge is 0.374 e. The molecule has 1 aromatic rings. The predicted molar refractivity (Wildman–Crippen MR) is 35.8 cm³/mol. The molecule has 1 heterocycles. The Labute approximate surface area is 58.8 Å². The van der Waals surface area contributed by atoms with Crippen molar-refractivity contribution in [2.24, 2.45) is 0 Å². The average Bonchev–Trinajstić information content (AvgIpc) is 2.05. The molecule has 1 aromatic heterocycles. The average molecular weight is 134 g/mol. The molecule has 0 radical (unpaired) electrons. The van der Waals surface area contributed by atoms with Crippen molar-refractivity contribution in [2.75, 3.05) is 0 Å². The lowest BCUT2D eigenvalue weighted by Crippen LogP contribution is -1.96. The van der Waals surface area contributed by atoms with Gasteiger partial charge in [0.15, 0.2) is 6.10 Å². The Morgan fingerprint density at radius 2 is 2.50 bits per heavy atom. The molecule has 3 heteroatoms. The summed E-state index contributed by atoms with van der Waals surface area (Å²) in [5, 5.41) is 9.00. The van der Waals surface area contributed by atoms with Crippen LogP contribution < -0.4 is 0 Å². The minimum atomic E-state index is -0.914. The third-order valence-corrected chi connectivity index (χ3v) is 1.04. The maximum absolute atomic E-state index is 9.00. The van der Waals surface area contributed by atoms with Crippen LogP contribution in [0.25, 0.3) is 0 Å². The van der Waals surface area contributed by atoms with Gasteiger partial charge in [-0.05, 0) is 6.07 Å². The van der Waals surface area contributed by atoms with Crippen molar-refractivity contribution in [2.45, 2.75) is 6.10 Å². The highest BCUT2D eigenvalue weighted by atomic mass is 16.3. The van der Waals surface area contributed by atoms with Crippen LogP contribution in [0.5, 0.6) is 0 Å². The molecular formula is C7H6N2O. The normalized spacial score (nSPS) is 12.0. The van der Waals surface area contributed by atoms with Gasteiger partial charge in [-0.1, -0.05) is 5.92 Å². The third-order valence-electron chi connectivity index (χ3n) is 1.04. The molecule has 0 fully saturated rings. The van der Waals surface area contributed by atoms with Gasteiger partial charge in [-0.25, -0.2) is 9.97 Å². The number of aliphatic hydroxyl groups is 1. The van der Waals surface area contributed by atoms with E-state index < -0.39 is 6.10 Å². The molecule has 0 saturated heterocycles. The summed E-state index contributed by atoms with van der Waals surface area (Å²) in [6.45, 7) is 0. The van der Waals surface area contributed by atoms with E-state index in [1.165, 1.54) is 12.5 Å². The van der Waals surface area contributed by atoms with Gasteiger partial charge in [0.25, 0.3) is 0 Å². The number of aromatic nitrogens is 2. The Hall–Kier alpha value is -1.40. The lowest BCUT2D eigenvalue weighted by molar-refractivity contribution is 0.233. The van der Waals surface area contributed by atoms with Crippen molar-refractivity contribution in [3.05, 3.63) is 24.3 Å². The topological polar surface area (TPSA) is 46.0 Å². The first-order valence-corrected chi connectivity index (χ1v) is 2.74. The molecule has 0 bridgehead atoms. The molecule has 1 atom stereocenters. The summed E-state index contributed by atoms with van der Waals surface area (Å²) in [6, 6.07) is 1.57. The van der Waals surface area contributed by atoms with E-state index in [9.17, 15) is 0 Å². The van der Waals surface area contributed by atoms with E-state index in [1.54, 1.807) is 6.07 Å². The van der Waals surface area contributed by atoms with E-state index in [-0.39, 0.29) is 0 Å². The van der Waals surface area contributed by atoms with E-state index in [4.69, 9.17) is 11.5 Å². The van der Waals surface area contributed by atoms with Crippen molar-refractivity contribution in [1.29, 1.82) is 0 Å². The number of terminal acetylenes is 1. The molecule has 0 aliphatic carbocycles. The predicted octanol–water partition coefficient (Wildman–Crippen LogP) is 0.143. The smallest absolute Gasteiger partial charge is 0.156 e. The van der Waals surface area contributed by atoms with Gasteiger partial charge in [0.05, 0.1) is 5.69 Å². The second-order valence-corrected chi connectivity index (χ2v) is 1.70. The zero-order chi connectivity index (χ0) is 7.40. The van der Waals surface area contributed by atoms with Crippen LogP contribution in [0.1, 0.15) is 11.8 Å². The van der Waals surface area contributed by atoms with Crippen molar-refractivity contribution >= 4 is 0 Å². The third kappa shape index (κ3) is 1.30. The summed E-state index contributed by atoms with van der Waals surface area (Å²) in [7, 11) is 0. The van der Waals surface area contributed by atoms with Crippen LogP contribution in [0.2, 0.25) is 0 Å². The molecule has 1 unspecified atom stereocenters. The lowest BCUT2D eigenvalue weighted by Gasteiger charge is -1.98. The van der Waals surface area contributed by atoms with Crippen LogP contribution in [0.3, 0.4) is 0 Å². The van der Waals surface area contributed by atoms with E-state index in [0.29, 0.717) is 5.69 Å². The van der Waals surface area contributed by atoms with Gasteiger partial charge < -0.3 is 5.11 Å². The quantitative estimate of drug-likeness (QED) is 0.556. The molecule has 1 rings (SSSR count). The Kier molecular flexibility index (Phi) is 1.98. The van der Waals surface area contributed by atoms with E-state index in [2.05, 4.69) is 15.9 Å². The minimum Gasteiger partial charge on any atom is -0.374 e. The Morgan fingerprint density at radius 3 is 3.00 bits per heavy atom. The standard InChI is InChI=1S/C7H6N2O/c1-2-7(10)6-3-4-8-5-9-6/h1,3-5,7,10H. The maximum Gasteiger partial charge on any atom is 0.156 e. The van der Waals surface area contributed by atoms with E-state index in [0.717, 1.165) is 0 Å². The fourth-order valence-electron chi connectivity index (χ4n) is 0.548. The van der Waals surface area contributed by atoms with Gasteiger partial charge >= 0.3 is 0 Å². The summed E-state index contributed by atoms with van der Waals surface area (Å²) < 4.78 is 0. The van der Waals surface area contributed by atoms with Crippen molar-refractivity contribution in [3.63, 3.8) is 0 Å². The highest BCUT2D eigenvalue weighted by Gasteiger charge is 2.01. The second kappa shape index (κ2) is 2.95. The Bertz CT molecular complexity index is 240. The van der Waals surface area contributed by atoms with Gasteiger partial charge in [0.2, 0.25) is 0 Å². The van der Waals surface area contributed by atoms with E-state index in [1.807, 2.05) is 0 Å². The first kappa shape index (κ1) is 6.72. The molecule has 0 amide bonds. The summed E-state index contributed by atoms with van der Waals surface area (Å²) in [5.74, 6) is 2.15. The Morgan fingerprint density at radius 1 is 1.70 bits per heavy atom. The number of rotatable bonds is 1. The number of nitrogens with zero attached hydrogens (tertiary/aromatic N) is 2. The molecule has 50 valence electrons. The molecular weight excluding hydrogens is 128 g/mol. The first-order valence-electron chi connectivity index (χ1n) is 2.74. The van der Waals surface area contributed by atoms with Crippen LogP contribution in [0.15, 0.2) is 18.6 Å². The fraction of sp³-hybridized carbons (Fsp3) is 0.143. The number of hydrogen-bond acceptors (Lipinski definition) is 3. The molecule has 0 spiro atoms. The summed E-state index contributed by atoms with van der Waals surface area (Å²) >= 11 is 0. The molecule has 1 N–H and O–H groups in total. The molecule has 3 nitrogen and oxygen atoms in total. The zero-order valence-electron chi connectivity index (χ0n) is 5.23.